The van der Waals surface area contributed by atoms with Crippen molar-refractivity contribution in [2.24, 2.45) is 5.92 Å². The molecule has 0 saturated carbocycles. The molecule has 0 bridgehead atoms. The minimum absolute atomic E-state index is 0.795. The number of likely N-dealkylation sites (tertiary alicyclic amines) is 1. The van der Waals surface area contributed by atoms with Gasteiger partial charge in [-0.25, -0.2) is 0 Å². The van der Waals surface area contributed by atoms with Crippen molar-refractivity contribution < 1.29 is 0 Å². The first-order valence-corrected chi connectivity index (χ1v) is 7.87. The highest BCUT2D eigenvalue weighted by atomic mass is 35.5. The molecule has 0 unspecified atom stereocenters. The maximum Gasteiger partial charge on any atom is 0.0407 e. The van der Waals surface area contributed by atoms with Crippen LogP contribution in [-0.2, 0) is 0 Å². The van der Waals surface area contributed by atoms with Crippen LogP contribution in [0, 0.1) is 5.92 Å². The second-order valence-electron chi connectivity index (χ2n) is 5.51. The van der Waals surface area contributed by atoms with Crippen LogP contribution < -0.4 is 5.32 Å². The second kappa shape index (κ2) is 7.76. The van der Waals surface area contributed by atoms with E-state index < -0.39 is 0 Å². The Kier molecular flexibility index (Phi) is 5.99. The van der Waals surface area contributed by atoms with Crippen LogP contribution in [0.25, 0.3) is 0 Å². The molecule has 0 atom stereocenters. The largest absolute Gasteiger partial charge is 0.384 e. The van der Waals surface area contributed by atoms with Crippen LogP contribution in [0.5, 0.6) is 0 Å². The zero-order valence-electron chi connectivity index (χ0n) is 11.9. The van der Waals surface area contributed by atoms with Crippen LogP contribution in [0.3, 0.4) is 0 Å². The molecule has 106 valence electrons. The summed E-state index contributed by atoms with van der Waals surface area (Å²) in [5.74, 6) is 0.977. The molecule has 2 nitrogen and oxygen atoms in total. The minimum atomic E-state index is 0.795. The summed E-state index contributed by atoms with van der Waals surface area (Å²) in [5.41, 5.74) is 1.16. The van der Waals surface area contributed by atoms with Crippen molar-refractivity contribution in [2.45, 2.75) is 32.6 Å². The summed E-state index contributed by atoms with van der Waals surface area (Å²) in [6.45, 7) is 6.99. The molecule has 1 aromatic rings. The fourth-order valence-electron chi connectivity index (χ4n) is 2.83. The van der Waals surface area contributed by atoms with Crippen LogP contribution in [0.1, 0.15) is 32.6 Å². The molecule has 1 saturated heterocycles. The summed E-state index contributed by atoms with van der Waals surface area (Å²) < 4.78 is 0. The highest BCUT2D eigenvalue weighted by Crippen LogP contribution is 2.21. The van der Waals surface area contributed by atoms with Gasteiger partial charge in [-0.15, -0.1) is 0 Å². The third-order valence-corrected chi connectivity index (χ3v) is 4.26. The number of nitrogens with zero attached hydrogens (tertiary/aromatic N) is 1. The molecule has 1 aromatic carbocycles. The van der Waals surface area contributed by atoms with E-state index >= 15 is 0 Å². The summed E-state index contributed by atoms with van der Waals surface area (Å²) in [4.78, 5) is 2.58. The Balaban J connectivity index is 1.63. The summed E-state index contributed by atoms with van der Waals surface area (Å²) in [6.07, 6.45) is 5.52. The molecule has 0 amide bonds. The molecule has 0 spiro atoms. The Labute approximate surface area is 122 Å². The van der Waals surface area contributed by atoms with Crippen LogP contribution in [-0.4, -0.2) is 31.1 Å². The Morgan fingerprint density at radius 2 is 1.89 bits per heavy atom. The van der Waals surface area contributed by atoms with Gasteiger partial charge in [0, 0.05) is 23.8 Å². The summed E-state index contributed by atoms with van der Waals surface area (Å²) in [5, 5.41) is 4.25. The van der Waals surface area contributed by atoms with Gasteiger partial charge in [-0.2, -0.15) is 0 Å². The first-order valence-electron chi connectivity index (χ1n) is 7.49. The van der Waals surface area contributed by atoms with Gasteiger partial charge in [-0.1, -0.05) is 31.4 Å². The molecule has 1 aliphatic heterocycles. The maximum absolute atomic E-state index is 5.87. The standard InChI is InChI=1S/C16H25ClN2/c1-2-3-14-8-11-19(12-9-14)13-10-18-16-6-4-15(17)5-7-16/h4-7,14,18H,2-3,8-13H2,1H3. The molecular weight excluding hydrogens is 256 g/mol. The van der Waals surface area contributed by atoms with Crippen molar-refractivity contribution in [3.05, 3.63) is 29.3 Å². The number of anilines is 1. The monoisotopic (exact) mass is 280 g/mol. The Hall–Kier alpha value is -0.730. The molecule has 0 aromatic heterocycles. The highest BCUT2D eigenvalue weighted by Gasteiger charge is 2.17. The predicted molar refractivity (Wildman–Crippen MR) is 84.0 cm³/mol. The molecule has 0 radical (unpaired) electrons. The van der Waals surface area contributed by atoms with E-state index in [2.05, 4.69) is 17.1 Å². The zero-order chi connectivity index (χ0) is 13.5. The summed E-state index contributed by atoms with van der Waals surface area (Å²) in [7, 11) is 0. The smallest absolute Gasteiger partial charge is 0.0407 e. The lowest BCUT2D eigenvalue weighted by Gasteiger charge is -2.31. The molecule has 1 N–H and O–H groups in total. The molecule has 1 aliphatic rings. The van der Waals surface area contributed by atoms with Gasteiger partial charge in [0.05, 0.1) is 0 Å². The lowest BCUT2D eigenvalue weighted by atomic mass is 9.92. The lowest BCUT2D eigenvalue weighted by molar-refractivity contribution is 0.184. The van der Waals surface area contributed by atoms with Crippen molar-refractivity contribution in [3.63, 3.8) is 0 Å². The molecule has 1 heterocycles. The van der Waals surface area contributed by atoms with Gasteiger partial charge in [0.1, 0.15) is 0 Å². The molecular formula is C16H25ClN2. The van der Waals surface area contributed by atoms with Crippen LogP contribution in [0.2, 0.25) is 5.02 Å². The highest BCUT2D eigenvalue weighted by molar-refractivity contribution is 6.30. The van der Waals surface area contributed by atoms with E-state index in [4.69, 9.17) is 11.6 Å². The number of benzene rings is 1. The fourth-order valence-corrected chi connectivity index (χ4v) is 2.96. The van der Waals surface area contributed by atoms with Gasteiger partial charge in [-0.3, -0.25) is 0 Å². The number of nitrogens with one attached hydrogen (secondary N) is 1. The van der Waals surface area contributed by atoms with E-state index in [1.54, 1.807) is 0 Å². The summed E-state index contributed by atoms with van der Waals surface area (Å²) >= 11 is 5.87. The summed E-state index contributed by atoms with van der Waals surface area (Å²) in [6, 6.07) is 7.94. The van der Waals surface area contributed by atoms with Gasteiger partial charge >= 0.3 is 0 Å². The van der Waals surface area contributed by atoms with E-state index in [-0.39, 0.29) is 0 Å². The quantitative estimate of drug-likeness (QED) is 0.837. The maximum atomic E-state index is 5.87. The van der Waals surface area contributed by atoms with Crippen molar-refractivity contribution in [2.75, 3.05) is 31.5 Å². The van der Waals surface area contributed by atoms with Gasteiger partial charge < -0.3 is 10.2 Å². The van der Waals surface area contributed by atoms with E-state index in [1.165, 1.54) is 38.8 Å². The lowest BCUT2D eigenvalue weighted by Crippen LogP contribution is -2.36. The molecule has 0 aliphatic carbocycles. The third-order valence-electron chi connectivity index (χ3n) is 4.01. The Bertz CT molecular complexity index is 356. The number of hydrogen-bond acceptors (Lipinski definition) is 2. The van der Waals surface area contributed by atoms with Gasteiger partial charge in [-0.05, 0) is 56.1 Å². The number of rotatable bonds is 6. The zero-order valence-corrected chi connectivity index (χ0v) is 12.6. The van der Waals surface area contributed by atoms with Gasteiger partial charge in [0.15, 0.2) is 0 Å². The Morgan fingerprint density at radius 1 is 1.21 bits per heavy atom. The van der Waals surface area contributed by atoms with E-state index in [1.807, 2.05) is 24.3 Å². The van der Waals surface area contributed by atoms with E-state index in [0.717, 1.165) is 29.7 Å². The topological polar surface area (TPSA) is 15.3 Å². The first kappa shape index (κ1) is 14.7. The van der Waals surface area contributed by atoms with Crippen molar-refractivity contribution in [1.29, 1.82) is 0 Å². The number of hydrogen-bond donors (Lipinski definition) is 1. The van der Waals surface area contributed by atoms with Crippen LogP contribution in [0.15, 0.2) is 24.3 Å². The average Bonchev–Trinajstić information content (AvgIpc) is 2.43. The van der Waals surface area contributed by atoms with Crippen molar-refractivity contribution in [1.82, 2.24) is 4.90 Å². The molecule has 19 heavy (non-hydrogen) atoms. The van der Waals surface area contributed by atoms with Crippen molar-refractivity contribution >= 4 is 17.3 Å². The first-order chi connectivity index (χ1) is 9.28. The van der Waals surface area contributed by atoms with Crippen LogP contribution >= 0.6 is 11.6 Å². The van der Waals surface area contributed by atoms with Crippen LogP contribution in [0.4, 0.5) is 5.69 Å². The van der Waals surface area contributed by atoms with Crippen molar-refractivity contribution in [3.8, 4) is 0 Å². The Morgan fingerprint density at radius 3 is 2.53 bits per heavy atom. The van der Waals surface area contributed by atoms with Gasteiger partial charge in [0.2, 0.25) is 0 Å². The van der Waals surface area contributed by atoms with Gasteiger partial charge in [0.25, 0.3) is 0 Å². The third kappa shape index (κ3) is 5.04. The SMILES string of the molecule is CCCC1CCN(CCNc2ccc(Cl)cc2)CC1. The number of halogens is 1. The minimum Gasteiger partial charge on any atom is -0.384 e. The normalized spacial score (nSPS) is 17.6. The fraction of sp³-hybridized carbons (Fsp3) is 0.625. The molecule has 1 fully saturated rings. The second-order valence-corrected chi connectivity index (χ2v) is 5.94. The predicted octanol–water partition coefficient (Wildman–Crippen LogP) is 4.26. The molecule has 3 heteroatoms. The number of piperidine rings is 1. The van der Waals surface area contributed by atoms with E-state index in [0.29, 0.717) is 0 Å². The average molecular weight is 281 g/mol. The van der Waals surface area contributed by atoms with E-state index in [9.17, 15) is 0 Å². The molecule has 2 rings (SSSR count).